The van der Waals surface area contributed by atoms with Crippen LogP contribution in [0.4, 0.5) is 11.5 Å². The van der Waals surface area contributed by atoms with E-state index >= 15 is 0 Å². The number of benzene rings is 2. The smallest absolute Gasteiger partial charge is 0.150 e. The van der Waals surface area contributed by atoms with Crippen molar-refractivity contribution < 1.29 is 9.47 Å². The number of ether oxygens (including phenoxy) is 2. The number of nitrogens with zero attached hydrogens (tertiary/aromatic N) is 2. The molecular weight excluding hydrogens is 374 g/mol. The molecule has 142 valence electrons. The van der Waals surface area contributed by atoms with Crippen molar-refractivity contribution in [3.05, 3.63) is 53.4 Å². The molecule has 0 unspecified atom stereocenters. The standard InChI is InChI=1S/C20H19N5O2S/c1-26-13-8-12(9-14(10-13)27-2)23-20-16-5-6-28-18(16)15-4-3-11(19(21)25-22)7-17(15)24-20/h3-10H,22H2,1-2H3,(H2,21,25)(H,23,24). The fourth-order valence-corrected chi connectivity index (χ4v) is 3.98. The number of nitrogens with one attached hydrogen (secondary N) is 1. The van der Waals surface area contributed by atoms with Crippen molar-refractivity contribution in [1.82, 2.24) is 4.98 Å². The van der Waals surface area contributed by atoms with Crippen molar-refractivity contribution in [2.24, 2.45) is 16.7 Å². The number of hydrogen-bond acceptors (Lipinski definition) is 7. The third kappa shape index (κ3) is 3.14. The maximum absolute atomic E-state index is 5.86. The van der Waals surface area contributed by atoms with Crippen LogP contribution in [0.5, 0.6) is 11.5 Å². The zero-order valence-electron chi connectivity index (χ0n) is 15.4. The van der Waals surface area contributed by atoms with Crippen LogP contribution < -0.4 is 26.4 Å². The van der Waals surface area contributed by atoms with Crippen LogP contribution >= 0.6 is 11.3 Å². The van der Waals surface area contributed by atoms with E-state index in [1.807, 2.05) is 41.8 Å². The lowest BCUT2D eigenvalue weighted by atomic mass is 10.1. The molecule has 5 N–H and O–H groups in total. The molecule has 0 atom stereocenters. The zero-order chi connectivity index (χ0) is 19.7. The monoisotopic (exact) mass is 393 g/mol. The second kappa shape index (κ2) is 7.24. The van der Waals surface area contributed by atoms with Crippen molar-refractivity contribution in [3.63, 3.8) is 0 Å². The number of hydrogen-bond donors (Lipinski definition) is 3. The second-order valence-corrected chi connectivity index (χ2v) is 7.01. The molecule has 28 heavy (non-hydrogen) atoms. The Kier molecular flexibility index (Phi) is 4.62. The highest BCUT2D eigenvalue weighted by atomic mass is 32.1. The number of nitrogens with two attached hydrogens (primary N) is 2. The van der Waals surface area contributed by atoms with Gasteiger partial charge in [0.05, 0.1) is 19.7 Å². The lowest BCUT2D eigenvalue weighted by Gasteiger charge is -2.12. The molecule has 4 aromatic rings. The summed E-state index contributed by atoms with van der Waals surface area (Å²) in [6.07, 6.45) is 0. The van der Waals surface area contributed by atoms with Gasteiger partial charge in [0.15, 0.2) is 0 Å². The van der Waals surface area contributed by atoms with Gasteiger partial charge in [0.25, 0.3) is 0 Å². The number of anilines is 2. The van der Waals surface area contributed by atoms with Crippen molar-refractivity contribution in [3.8, 4) is 11.5 Å². The fraction of sp³-hybridized carbons (Fsp3) is 0.100. The summed E-state index contributed by atoms with van der Waals surface area (Å²) in [6.45, 7) is 0. The van der Waals surface area contributed by atoms with E-state index in [0.717, 1.165) is 38.1 Å². The molecule has 0 radical (unpaired) electrons. The molecule has 7 nitrogen and oxygen atoms in total. The Hall–Kier alpha value is -3.52. The first-order chi connectivity index (χ1) is 13.6. The molecule has 0 bridgehead atoms. The molecule has 8 heteroatoms. The van der Waals surface area contributed by atoms with Gasteiger partial charge in [0.1, 0.15) is 23.2 Å². The topological polar surface area (TPSA) is 108 Å². The first-order valence-corrected chi connectivity index (χ1v) is 9.35. The summed E-state index contributed by atoms with van der Waals surface area (Å²) in [6, 6.07) is 13.4. The number of pyridine rings is 1. The predicted molar refractivity (Wildman–Crippen MR) is 115 cm³/mol. The van der Waals surface area contributed by atoms with Gasteiger partial charge in [-0.2, -0.15) is 5.10 Å². The molecule has 2 heterocycles. The van der Waals surface area contributed by atoms with Gasteiger partial charge >= 0.3 is 0 Å². The summed E-state index contributed by atoms with van der Waals surface area (Å²) in [5, 5.41) is 11.1. The van der Waals surface area contributed by atoms with Crippen molar-refractivity contribution in [2.45, 2.75) is 0 Å². The summed E-state index contributed by atoms with van der Waals surface area (Å²) in [5.41, 5.74) is 8.21. The molecule has 4 rings (SSSR count). The minimum Gasteiger partial charge on any atom is -0.497 e. The number of amidine groups is 1. The van der Waals surface area contributed by atoms with E-state index in [0.29, 0.717) is 11.5 Å². The van der Waals surface area contributed by atoms with E-state index in [1.165, 1.54) is 0 Å². The van der Waals surface area contributed by atoms with Crippen LogP contribution in [0.1, 0.15) is 5.56 Å². The summed E-state index contributed by atoms with van der Waals surface area (Å²) in [4.78, 5) is 4.82. The Labute approximate surface area is 165 Å². The minimum atomic E-state index is 0.266. The number of rotatable bonds is 5. The van der Waals surface area contributed by atoms with E-state index in [-0.39, 0.29) is 5.84 Å². The van der Waals surface area contributed by atoms with E-state index < -0.39 is 0 Å². The summed E-state index contributed by atoms with van der Waals surface area (Å²) in [7, 11) is 3.24. The third-order valence-electron chi connectivity index (χ3n) is 4.44. The first kappa shape index (κ1) is 17.9. The first-order valence-electron chi connectivity index (χ1n) is 8.47. The Morgan fingerprint density at radius 1 is 1.04 bits per heavy atom. The molecule has 0 aliphatic heterocycles. The van der Waals surface area contributed by atoms with Crippen LogP contribution in [0, 0.1) is 0 Å². The molecule has 2 aromatic heterocycles. The summed E-state index contributed by atoms with van der Waals surface area (Å²) < 4.78 is 11.8. The molecule has 0 spiro atoms. The summed E-state index contributed by atoms with van der Waals surface area (Å²) in [5.74, 6) is 7.70. The van der Waals surface area contributed by atoms with Gasteiger partial charge in [0.2, 0.25) is 0 Å². The number of aromatic nitrogens is 1. The lowest BCUT2D eigenvalue weighted by Crippen LogP contribution is -2.15. The number of hydrazone groups is 1. The van der Waals surface area contributed by atoms with Gasteiger partial charge in [-0.25, -0.2) is 4.98 Å². The van der Waals surface area contributed by atoms with Crippen LogP contribution in [-0.2, 0) is 0 Å². The molecule has 0 aliphatic rings. The lowest BCUT2D eigenvalue weighted by molar-refractivity contribution is 0.395. The highest BCUT2D eigenvalue weighted by Gasteiger charge is 2.12. The van der Waals surface area contributed by atoms with Gasteiger partial charge in [0, 0.05) is 44.9 Å². The molecular formula is C20H19N5O2S. The van der Waals surface area contributed by atoms with Gasteiger partial charge in [-0.1, -0.05) is 12.1 Å². The second-order valence-electron chi connectivity index (χ2n) is 6.10. The SMILES string of the molecule is COc1cc(Nc2nc3cc(/C(N)=N/N)ccc3c3sccc23)cc(OC)c1. The molecule has 0 saturated carbocycles. The Balaban J connectivity index is 1.87. The Morgan fingerprint density at radius 3 is 2.46 bits per heavy atom. The Morgan fingerprint density at radius 2 is 1.79 bits per heavy atom. The van der Waals surface area contributed by atoms with E-state index in [9.17, 15) is 0 Å². The Bertz CT molecular complexity index is 1180. The van der Waals surface area contributed by atoms with Crippen LogP contribution in [0.15, 0.2) is 52.9 Å². The van der Waals surface area contributed by atoms with E-state index in [2.05, 4.69) is 16.5 Å². The normalized spacial score (nSPS) is 11.7. The molecule has 0 fully saturated rings. The maximum Gasteiger partial charge on any atom is 0.150 e. The highest BCUT2D eigenvalue weighted by molar-refractivity contribution is 7.18. The van der Waals surface area contributed by atoms with Crippen molar-refractivity contribution in [1.29, 1.82) is 0 Å². The van der Waals surface area contributed by atoms with Crippen molar-refractivity contribution >= 4 is 49.7 Å². The number of thiophene rings is 1. The zero-order valence-corrected chi connectivity index (χ0v) is 16.2. The quantitative estimate of drug-likeness (QED) is 0.206. The summed E-state index contributed by atoms with van der Waals surface area (Å²) >= 11 is 1.66. The predicted octanol–water partition coefficient (Wildman–Crippen LogP) is 3.79. The average molecular weight is 393 g/mol. The molecule has 0 aliphatic carbocycles. The van der Waals surface area contributed by atoms with E-state index in [1.54, 1.807) is 25.6 Å². The van der Waals surface area contributed by atoms with Crippen LogP contribution in [0.25, 0.3) is 21.0 Å². The highest BCUT2D eigenvalue weighted by Crippen LogP contribution is 2.36. The van der Waals surface area contributed by atoms with Gasteiger partial charge in [-0.05, 0) is 17.5 Å². The van der Waals surface area contributed by atoms with Crippen LogP contribution in [-0.4, -0.2) is 25.0 Å². The molecule has 0 saturated heterocycles. The minimum absolute atomic E-state index is 0.266. The van der Waals surface area contributed by atoms with Gasteiger partial charge in [-0.3, -0.25) is 0 Å². The number of methoxy groups -OCH3 is 2. The molecule has 0 amide bonds. The van der Waals surface area contributed by atoms with Crippen LogP contribution in [0.3, 0.4) is 0 Å². The third-order valence-corrected chi connectivity index (χ3v) is 5.39. The van der Waals surface area contributed by atoms with E-state index in [4.69, 9.17) is 26.0 Å². The maximum atomic E-state index is 5.86. The van der Waals surface area contributed by atoms with Crippen LogP contribution in [0.2, 0.25) is 0 Å². The fourth-order valence-electron chi connectivity index (χ4n) is 3.05. The van der Waals surface area contributed by atoms with Gasteiger partial charge in [-0.15, -0.1) is 11.3 Å². The number of fused-ring (bicyclic) bond motifs is 3. The largest absolute Gasteiger partial charge is 0.497 e. The molecule has 2 aromatic carbocycles. The average Bonchev–Trinajstić information content (AvgIpc) is 3.23. The van der Waals surface area contributed by atoms with Crippen molar-refractivity contribution in [2.75, 3.05) is 19.5 Å². The van der Waals surface area contributed by atoms with Gasteiger partial charge < -0.3 is 26.4 Å².